The number of aliphatic hydroxyl groups is 4. The fraction of sp³-hybridized carbons (Fsp3) is 0.619. The van der Waals surface area contributed by atoms with E-state index in [1.54, 1.807) is 0 Å². The van der Waals surface area contributed by atoms with Crippen molar-refractivity contribution in [2.45, 2.75) is 50.8 Å². The van der Waals surface area contributed by atoms with Crippen molar-refractivity contribution in [3.8, 4) is 0 Å². The normalized spacial score (nSPS) is 23.6. The fourth-order valence-electron chi connectivity index (χ4n) is 2.37. The smallest absolute Gasteiger partial charge is 0.411 e. The molecule has 0 aliphatic carbocycles. The Hall–Kier alpha value is 0.682. The zero-order valence-corrected chi connectivity index (χ0v) is 25.8. The summed E-state index contributed by atoms with van der Waals surface area (Å²) < 4.78 is 15.1. The quantitative estimate of drug-likeness (QED) is 0.162. The van der Waals surface area contributed by atoms with Crippen LogP contribution in [0.15, 0.2) is 6.20 Å². The van der Waals surface area contributed by atoms with Gasteiger partial charge in [-0.3, -0.25) is 4.98 Å². The van der Waals surface area contributed by atoms with E-state index in [-0.39, 0.29) is 66.0 Å². The van der Waals surface area contributed by atoms with E-state index in [0.717, 1.165) is 11.3 Å². The van der Waals surface area contributed by atoms with Crippen molar-refractivity contribution >= 4 is 17.1 Å². The molecule has 0 saturated carbocycles. The molecule has 5 unspecified atom stereocenters. The SMILES string of the molecule is C[CH-]C.[CH2-]C(=O)c1cnc(CC2OC(CO)C(O)C(O)C2O)s1.[CH2-]COCCOC[CH2-].[W+2].[Y]. The average Bonchev–Trinajstić information content (AvgIpc) is 3.22. The van der Waals surface area contributed by atoms with Crippen LogP contribution in [0, 0.1) is 27.2 Å². The summed E-state index contributed by atoms with van der Waals surface area (Å²) >= 11 is 1.13. The van der Waals surface area contributed by atoms with E-state index >= 15 is 0 Å². The molecule has 1 aromatic rings. The Bertz CT molecular complexity index is 590. The van der Waals surface area contributed by atoms with Crippen molar-refractivity contribution in [2.75, 3.05) is 33.0 Å². The molecule has 0 aromatic carbocycles. The second-order valence-corrected chi connectivity index (χ2v) is 7.53. The molecule has 0 bridgehead atoms. The van der Waals surface area contributed by atoms with Gasteiger partial charge in [-0.2, -0.15) is 20.8 Å². The number of carbonyl (C=O) groups excluding carboxylic acids is 1. The van der Waals surface area contributed by atoms with Gasteiger partial charge in [-0.25, -0.2) is 11.3 Å². The summed E-state index contributed by atoms with van der Waals surface area (Å²) in [5, 5.41) is 38.8. The fourth-order valence-corrected chi connectivity index (χ4v) is 3.20. The molecule has 33 heavy (non-hydrogen) atoms. The number of hydrogen-bond acceptors (Lipinski definition) is 10. The van der Waals surface area contributed by atoms with Crippen molar-refractivity contribution in [3.05, 3.63) is 43.3 Å². The van der Waals surface area contributed by atoms with E-state index in [9.17, 15) is 20.1 Å². The standard InChI is InChI=1S/C12H16NO6S.C6H12O2.C3H7.W.Y/c1-5(15)8-3-13-9(20-8)2-6-10(16)12(18)11(17)7(4-14)19-6;1-3-7-5-6-8-4-2;1-3-2;;/h3,6-7,10-12,14,16-18H,1-2,4H2;1-6H2;3H,1-2H3;;/q-1;-2;-1;+2;. The minimum atomic E-state index is -1.40. The molecule has 2 heterocycles. The van der Waals surface area contributed by atoms with Gasteiger partial charge in [0.05, 0.1) is 30.9 Å². The Kier molecular flexibility index (Phi) is 26.8. The zero-order chi connectivity index (χ0) is 23.8. The van der Waals surface area contributed by atoms with Gasteiger partial charge in [-0.15, -0.1) is 0 Å². The van der Waals surface area contributed by atoms with Gasteiger partial charge in [-0.05, 0) is 6.20 Å². The molecule has 189 valence electrons. The van der Waals surface area contributed by atoms with E-state index in [0.29, 0.717) is 36.3 Å². The van der Waals surface area contributed by atoms with E-state index < -0.39 is 37.1 Å². The topological polar surface area (TPSA) is 139 Å². The molecule has 1 radical (unpaired) electrons. The first-order chi connectivity index (χ1) is 14.8. The third-order valence-corrected chi connectivity index (χ3v) is 4.92. The van der Waals surface area contributed by atoms with E-state index in [2.05, 4.69) is 25.8 Å². The molecule has 0 spiro atoms. The van der Waals surface area contributed by atoms with Gasteiger partial charge >= 0.3 is 21.1 Å². The van der Waals surface area contributed by atoms with Crippen molar-refractivity contribution in [1.29, 1.82) is 0 Å². The van der Waals surface area contributed by atoms with Crippen molar-refractivity contribution < 1.29 is 93.2 Å². The molecule has 2 rings (SSSR count). The van der Waals surface area contributed by atoms with E-state index in [1.807, 2.05) is 20.3 Å². The molecule has 4 N–H and O–H groups in total. The van der Waals surface area contributed by atoms with Gasteiger partial charge in [0.1, 0.15) is 24.4 Å². The minimum Gasteiger partial charge on any atom is -0.411 e. The van der Waals surface area contributed by atoms with E-state index in [1.165, 1.54) is 6.20 Å². The molecule has 1 saturated heterocycles. The number of aromatic nitrogens is 1. The number of ketones is 1. The van der Waals surface area contributed by atoms with Crippen molar-refractivity contribution in [3.63, 3.8) is 0 Å². The average molecular weight is 734 g/mol. The van der Waals surface area contributed by atoms with Gasteiger partial charge in [0.25, 0.3) is 0 Å². The Balaban J connectivity index is -0.000000589. The maximum atomic E-state index is 11.1. The third kappa shape index (κ3) is 15.4. The second-order valence-electron chi connectivity index (χ2n) is 6.41. The van der Waals surface area contributed by atoms with Gasteiger partial charge in [0.15, 0.2) is 0 Å². The maximum absolute atomic E-state index is 11.1. The van der Waals surface area contributed by atoms with Crippen LogP contribution in [-0.2, 0) is 74.4 Å². The van der Waals surface area contributed by atoms with Crippen LogP contribution in [0.2, 0.25) is 0 Å². The monoisotopic (exact) mass is 734 g/mol. The first-order valence-electron chi connectivity index (χ1n) is 9.86. The third-order valence-electron chi connectivity index (χ3n) is 3.86. The van der Waals surface area contributed by atoms with Gasteiger partial charge in [0, 0.05) is 44.9 Å². The first-order valence-corrected chi connectivity index (χ1v) is 10.7. The molecule has 9 nitrogen and oxygen atoms in total. The number of carbonyl (C=O) groups is 1. The van der Waals surface area contributed by atoms with Gasteiger partial charge < -0.3 is 59.7 Å². The van der Waals surface area contributed by atoms with Crippen LogP contribution >= 0.6 is 11.3 Å². The van der Waals surface area contributed by atoms with Gasteiger partial charge in [-0.1, -0.05) is 18.1 Å². The molecule has 1 fully saturated rings. The molecule has 0 amide bonds. The van der Waals surface area contributed by atoms with Crippen molar-refractivity contribution in [1.82, 2.24) is 4.98 Å². The van der Waals surface area contributed by atoms with Crippen molar-refractivity contribution in [2.24, 2.45) is 0 Å². The molecular formula is C21H35NO8SWY-2. The predicted molar refractivity (Wildman–Crippen MR) is 117 cm³/mol. The number of Topliss-reactive ketones (excluding diaryl/α,β-unsaturated/α-hetero) is 1. The largest absolute Gasteiger partial charge is 2.00 e. The molecule has 1 aromatic heterocycles. The molecule has 5 atom stereocenters. The number of rotatable bonds is 9. The number of aliphatic hydroxyl groups excluding tert-OH is 4. The summed E-state index contributed by atoms with van der Waals surface area (Å²) in [5.74, 6) is -0.345. The number of thiazole rings is 1. The summed E-state index contributed by atoms with van der Waals surface area (Å²) in [5.41, 5.74) is 0. The number of ether oxygens (including phenoxy) is 3. The number of nitrogens with zero attached hydrogens (tertiary/aromatic N) is 1. The van der Waals surface area contributed by atoms with Crippen LogP contribution in [-0.4, -0.2) is 94.7 Å². The van der Waals surface area contributed by atoms with Crippen LogP contribution in [0.1, 0.15) is 28.5 Å². The Morgan fingerprint density at radius 3 is 2.00 bits per heavy atom. The summed E-state index contributed by atoms with van der Waals surface area (Å²) in [6.07, 6.45) is -2.27. The predicted octanol–water partition coefficient (Wildman–Crippen LogP) is 0.458. The van der Waals surface area contributed by atoms with Crippen LogP contribution in [0.3, 0.4) is 0 Å². The van der Waals surface area contributed by atoms with Crippen LogP contribution in [0.5, 0.6) is 0 Å². The zero-order valence-electron chi connectivity index (χ0n) is 19.2. The first kappa shape index (κ1) is 38.2. The summed E-state index contributed by atoms with van der Waals surface area (Å²) in [6.45, 7) is 16.1. The number of hydrogen-bond donors (Lipinski definition) is 4. The molecular weight excluding hydrogens is 699 g/mol. The summed E-state index contributed by atoms with van der Waals surface area (Å²) in [6, 6.07) is 0. The van der Waals surface area contributed by atoms with E-state index in [4.69, 9.17) is 19.3 Å². The second kappa shape index (κ2) is 23.1. The molecule has 1 aliphatic heterocycles. The molecule has 1 aliphatic rings. The summed E-state index contributed by atoms with van der Waals surface area (Å²) in [4.78, 5) is 15.5. The molecule has 12 heteroatoms. The van der Waals surface area contributed by atoms with Crippen LogP contribution in [0.25, 0.3) is 0 Å². The van der Waals surface area contributed by atoms with Gasteiger partial charge in [0.2, 0.25) is 0 Å². The van der Waals surface area contributed by atoms with Crippen LogP contribution < -0.4 is 0 Å². The maximum Gasteiger partial charge on any atom is 2.00 e. The minimum absolute atomic E-state index is 0. The van der Waals surface area contributed by atoms with Crippen LogP contribution in [0.4, 0.5) is 0 Å². The summed E-state index contributed by atoms with van der Waals surface area (Å²) in [7, 11) is 0. The Labute approximate surface area is 240 Å². The Morgan fingerprint density at radius 1 is 1.12 bits per heavy atom. The Morgan fingerprint density at radius 2 is 1.61 bits per heavy atom.